The molecule has 1 N–H and O–H groups in total. The third-order valence-corrected chi connectivity index (χ3v) is 2.02. The third-order valence-electron chi connectivity index (χ3n) is 2.02. The predicted octanol–water partition coefficient (Wildman–Crippen LogP) is 2.31. The Morgan fingerprint density at radius 3 is 2.47 bits per heavy atom. The van der Waals surface area contributed by atoms with Gasteiger partial charge in [-0.25, -0.2) is 4.79 Å². The summed E-state index contributed by atoms with van der Waals surface area (Å²) < 4.78 is 48.6. The maximum Gasteiger partial charge on any atom is 0.522 e. The Balaban J connectivity index is 2.65. The van der Waals surface area contributed by atoms with E-state index >= 15 is 0 Å². The first-order valence-electron chi connectivity index (χ1n) is 5.08. The normalized spacial score (nSPS) is 11.2. The molecular formula is C11H11F3O5. The van der Waals surface area contributed by atoms with E-state index in [4.69, 9.17) is 14.6 Å². The molecule has 0 saturated heterocycles. The van der Waals surface area contributed by atoms with Crippen molar-refractivity contribution in [1.82, 2.24) is 0 Å². The molecule has 19 heavy (non-hydrogen) atoms. The molecule has 0 amide bonds. The molecule has 0 aliphatic rings. The van der Waals surface area contributed by atoms with Gasteiger partial charge in [0.15, 0.2) is 11.5 Å². The fourth-order valence-electron chi connectivity index (χ4n) is 1.23. The topological polar surface area (TPSA) is 65.0 Å². The zero-order valence-corrected chi connectivity index (χ0v) is 9.86. The lowest BCUT2D eigenvalue weighted by atomic mass is 10.2. The molecule has 0 bridgehead atoms. The first-order valence-corrected chi connectivity index (χ1v) is 5.08. The molecule has 1 aromatic rings. The number of carbonyl (C=O) groups is 1. The van der Waals surface area contributed by atoms with Crippen molar-refractivity contribution in [2.45, 2.75) is 6.36 Å². The highest BCUT2D eigenvalue weighted by Crippen LogP contribution is 2.28. The van der Waals surface area contributed by atoms with Gasteiger partial charge in [-0.15, -0.1) is 13.2 Å². The summed E-state index contributed by atoms with van der Waals surface area (Å²) in [7, 11) is 1.33. The van der Waals surface area contributed by atoms with Gasteiger partial charge in [-0.2, -0.15) is 0 Å². The SMILES string of the molecule is COc1ccc(C(=O)O)cc1OCCOC(F)(F)F. The van der Waals surface area contributed by atoms with Crippen molar-refractivity contribution in [2.75, 3.05) is 20.3 Å². The number of carboxylic acid groups (broad SMARTS) is 1. The van der Waals surface area contributed by atoms with Crippen LogP contribution in [0.2, 0.25) is 0 Å². The van der Waals surface area contributed by atoms with Crippen LogP contribution in [0.3, 0.4) is 0 Å². The summed E-state index contributed by atoms with van der Waals surface area (Å²) in [5.41, 5.74) is -0.0625. The highest BCUT2D eigenvalue weighted by Gasteiger charge is 2.28. The molecule has 0 aromatic heterocycles. The molecule has 0 spiro atoms. The summed E-state index contributed by atoms with van der Waals surface area (Å²) in [5, 5.41) is 8.78. The van der Waals surface area contributed by atoms with E-state index in [0.717, 1.165) is 6.07 Å². The molecule has 8 heteroatoms. The van der Waals surface area contributed by atoms with Gasteiger partial charge < -0.3 is 14.6 Å². The summed E-state index contributed by atoms with van der Waals surface area (Å²) in [6.45, 7) is -1.09. The van der Waals surface area contributed by atoms with Crippen LogP contribution in [0.1, 0.15) is 10.4 Å². The van der Waals surface area contributed by atoms with E-state index in [9.17, 15) is 18.0 Å². The molecule has 0 unspecified atom stereocenters. The molecule has 0 atom stereocenters. The van der Waals surface area contributed by atoms with Crippen LogP contribution in [-0.2, 0) is 4.74 Å². The van der Waals surface area contributed by atoms with Gasteiger partial charge >= 0.3 is 12.3 Å². The Morgan fingerprint density at radius 1 is 1.26 bits per heavy atom. The van der Waals surface area contributed by atoms with Gasteiger partial charge in [0.1, 0.15) is 6.61 Å². The molecule has 5 nitrogen and oxygen atoms in total. The van der Waals surface area contributed by atoms with Crippen LogP contribution >= 0.6 is 0 Å². The third kappa shape index (κ3) is 5.04. The largest absolute Gasteiger partial charge is 0.522 e. The fourth-order valence-corrected chi connectivity index (χ4v) is 1.23. The monoisotopic (exact) mass is 280 g/mol. The number of halogens is 3. The zero-order valence-electron chi connectivity index (χ0n) is 9.86. The molecule has 0 saturated carbocycles. The number of aromatic carboxylic acids is 1. The highest BCUT2D eigenvalue weighted by atomic mass is 19.4. The van der Waals surface area contributed by atoms with E-state index in [0.29, 0.717) is 0 Å². The van der Waals surface area contributed by atoms with Gasteiger partial charge in [0.05, 0.1) is 19.3 Å². The molecule has 0 aliphatic carbocycles. The number of alkyl halides is 3. The van der Waals surface area contributed by atoms with Crippen LogP contribution in [-0.4, -0.2) is 37.8 Å². The van der Waals surface area contributed by atoms with Crippen molar-refractivity contribution in [1.29, 1.82) is 0 Å². The zero-order chi connectivity index (χ0) is 14.5. The van der Waals surface area contributed by atoms with E-state index in [-0.39, 0.29) is 23.7 Å². The Kier molecular flexibility index (Phi) is 4.99. The summed E-state index contributed by atoms with van der Waals surface area (Å²) in [6.07, 6.45) is -4.73. The van der Waals surface area contributed by atoms with Crippen LogP contribution in [0, 0.1) is 0 Å². The van der Waals surface area contributed by atoms with Crippen LogP contribution in [0.25, 0.3) is 0 Å². The van der Waals surface area contributed by atoms with Crippen molar-refractivity contribution in [3.63, 3.8) is 0 Å². The van der Waals surface area contributed by atoms with Gasteiger partial charge in [0.25, 0.3) is 0 Å². The molecule has 1 rings (SSSR count). The highest BCUT2D eigenvalue weighted by molar-refractivity contribution is 5.88. The molecule has 1 aromatic carbocycles. The molecule has 0 fully saturated rings. The summed E-state index contributed by atoms with van der Waals surface area (Å²) in [6, 6.07) is 3.80. The number of ether oxygens (including phenoxy) is 3. The summed E-state index contributed by atoms with van der Waals surface area (Å²) in [5.74, 6) is -0.927. The maximum absolute atomic E-state index is 11.7. The van der Waals surface area contributed by atoms with Crippen molar-refractivity contribution in [3.05, 3.63) is 23.8 Å². The lowest BCUT2D eigenvalue weighted by Gasteiger charge is -2.12. The van der Waals surface area contributed by atoms with Gasteiger partial charge in [-0.05, 0) is 18.2 Å². The van der Waals surface area contributed by atoms with Crippen molar-refractivity contribution in [2.24, 2.45) is 0 Å². The molecule has 0 radical (unpaired) electrons. The minimum atomic E-state index is -4.73. The second kappa shape index (κ2) is 6.28. The number of hydrogen-bond acceptors (Lipinski definition) is 4. The first-order chi connectivity index (χ1) is 8.83. The molecule has 0 aliphatic heterocycles. The minimum absolute atomic E-state index is 0.0353. The van der Waals surface area contributed by atoms with Crippen LogP contribution < -0.4 is 9.47 Å². The van der Waals surface area contributed by atoms with E-state index in [2.05, 4.69) is 4.74 Å². The number of hydrogen-bond donors (Lipinski definition) is 1. The number of benzene rings is 1. The van der Waals surface area contributed by atoms with Crippen LogP contribution in [0.4, 0.5) is 13.2 Å². The molecular weight excluding hydrogens is 269 g/mol. The van der Waals surface area contributed by atoms with Crippen molar-refractivity contribution in [3.8, 4) is 11.5 Å². The average molecular weight is 280 g/mol. The minimum Gasteiger partial charge on any atom is -0.493 e. The van der Waals surface area contributed by atoms with Gasteiger partial charge in [-0.3, -0.25) is 4.74 Å². The second-order valence-electron chi connectivity index (χ2n) is 3.31. The van der Waals surface area contributed by atoms with Gasteiger partial charge in [-0.1, -0.05) is 0 Å². The van der Waals surface area contributed by atoms with E-state index in [1.165, 1.54) is 19.2 Å². The van der Waals surface area contributed by atoms with Crippen molar-refractivity contribution >= 4 is 5.97 Å². The van der Waals surface area contributed by atoms with E-state index < -0.39 is 18.9 Å². The van der Waals surface area contributed by atoms with Gasteiger partial charge in [0, 0.05) is 0 Å². The number of carboxylic acids is 1. The van der Waals surface area contributed by atoms with E-state index in [1.54, 1.807) is 0 Å². The van der Waals surface area contributed by atoms with Crippen LogP contribution in [0.15, 0.2) is 18.2 Å². The lowest BCUT2D eigenvalue weighted by Crippen LogP contribution is -2.18. The molecule has 106 valence electrons. The summed E-state index contributed by atoms with van der Waals surface area (Å²) in [4.78, 5) is 10.7. The number of rotatable bonds is 6. The Morgan fingerprint density at radius 2 is 1.95 bits per heavy atom. The average Bonchev–Trinajstić information content (AvgIpc) is 2.33. The Labute approximate surface area is 106 Å². The second-order valence-corrected chi connectivity index (χ2v) is 3.31. The first kappa shape index (κ1) is 15.1. The maximum atomic E-state index is 11.7. The van der Waals surface area contributed by atoms with Crippen LogP contribution in [0.5, 0.6) is 11.5 Å². The number of methoxy groups -OCH3 is 1. The Hall–Kier alpha value is -1.96. The van der Waals surface area contributed by atoms with Crippen molar-refractivity contribution < 1.29 is 37.3 Å². The summed E-state index contributed by atoms with van der Waals surface area (Å²) >= 11 is 0. The standard InChI is InChI=1S/C11H11F3O5/c1-17-8-3-2-7(10(15)16)6-9(8)18-4-5-19-11(12,13)14/h2-3,6H,4-5H2,1H3,(H,15,16). The lowest BCUT2D eigenvalue weighted by molar-refractivity contribution is -0.325. The Bertz CT molecular complexity index is 444. The fraction of sp³-hybridized carbons (Fsp3) is 0.364. The van der Waals surface area contributed by atoms with E-state index in [1.807, 2.05) is 0 Å². The molecule has 0 heterocycles. The predicted molar refractivity (Wildman–Crippen MR) is 57.5 cm³/mol. The quantitative estimate of drug-likeness (QED) is 0.810. The smallest absolute Gasteiger partial charge is 0.493 e. The van der Waals surface area contributed by atoms with Gasteiger partial charge in [0.2, 0.25) is 0 Å².